The molecule has 0 aliphatic carbocycles. The third kappa shape index (κ3) is 4.08. The third-order valence-electron chi connectivity index (χ3n) is 5.18. The third-order valence-corrected chi connectivity index (χ3v) is 5.18. The van der Waals surface area contributed by atoms with Gasteiger partial charge in [-0.1, -0.05) is 24.3 Å². The molecule has 0 saturated carbocycles. The van der Waals surface area contributed by atoms with E-state index in [0.29, 0.717) is 18.9 Å². The SMILES string of the molecule is COc1ccccc1Cc1cnc([C@@H]2CCCCN2C(=O)c2cccc(=O)[nH]2)o1. The van der Waals surface area contributed by atoms with E-state index in [-0.39, 0.29) is 23.2 Å². The maximum atomic E-state index is 13.0. The second-order valence-corrected chi connectivity index (χ2v) is 7.09. The Balaban J connectivity index is 1.56. The minimum absolute atomic E-state index is 0.211. The molecule has 3 aromatic rings. The highest BCUT2D eigenvalue weighted by molar-refractivity contribution is 5.92. The molecule has 150 valence electrons. The first-order valence-electron chi connectivity index (χ1n) is 9.72. The zero-order valence-corrected chi connectivity index (χ0v) is 16.3. The minimum atomic E-state index is -0.292. The maximum Gasteiger partial charge on any atom is 0.271 e. The molecule has 29 heavy (non-hydrogen) atoms. The van der Waals surface area contributed by atoms with Gasteiger partial charge in [-0.25, -0.2) is 4.98 Å². The molecule has 1 amide bonds. The number of H-pyrrole nitrogens is 1. The van der Waals surface area contributed by atoms with E-state index in [0.717, 1.165) is 36.3 Å². The fraction of sp³-hybridized carbons (Fsp3) is 0.318. The topological polar surface area (TPSA) is 88.4 Å². The van der Waals surface area contributed by atoms with Crippen molar-refractivity contribution in [2.45, 2.75) is 31.7 Å². The van der Waals surface area contributed by atoms with Crippen LogP contribution in [-0.2, 0) is 6.42 Å². The summed E-state index contributed by atoms with van der Waals surface area (Å²) in [5.74, 6) is 1.83. The quantitative estimate of drug-likeness (QED) is 0.718. The van der Waals surface area contributed by atoms with Gasteiger partial charge in [0.05, 0.1) is 13.3 Å². The molecule has 1 saturated heterocycles. The molecule has 1 N–H and O–H groups in total. The second-order valence-electron chi connectivity index (χ2n) is 7.09. The number of aromatic nitrogens is 2. The Morgan fingerprint density at radius 2 is 2.10 bits per heavy atom. The molecular formula is C22H23N3O4. The first-order chi connectivity index (χ1) is 14.2. The zero-order chi connectivity index (χ0) is 20.2. The number of methoxy groups -OCH3 is 1. The van der Waals surface area contributed by atoms with Gasteiger partial charge in [-0.2, -0.15) is 0 Å². The number of benzene rings is 1. The molecule has 1 atom stereocenters. The number of para-hydroxylation sites is 1. The predicted molar refractivity (Wildman–Crippen MR) is 107 cm³/mol. The van der Waals surface area contributed by atoms with Crippen molar-refractivity contribution in [3.8, 4) is 5.75 Å². The fourth-order valence-electron chi connectivity index (χ4n) is 3.75. The number of aromatic amines is 1. The van der Waals surface area contributed by atoms with E-state index < -0.39 is 0 Å². The molecule has 2 aromatic heterocycles. The van der Waals surface area contributed by atoms with E-state index in [2.05, 4.69) is 9.97 Å². The lowest BCUT2D eigenvalue weighted by atomic mass is 10.0. The van der Waals surface area contributed by atoms with E-state index in [1.54, 1.807) is 30.3 Å². The van der Waals surface area contributed by atoms with Crippen LogP contribution >= 0.6 is 0 Å². The molecule has 4 rings (SSSR count). The van der Waals surface area contributed by atoms with Gasteiger partial charge in [-0.05, 0) is 31.4 Å². The van der Waals surface area contributed by atoms with Gasteiger partial charge in [0.15, 0.2) is 0 Å². The predicted octanol–water partition coefficient (Wildman–Crippen LogP) is 3.33. The highest BCUT2D eigenvalue weighted by atomic mass is 16.5. The first-order valence-corrected chi connectivity index (χ1v) is 9.72. The molecule has 0 bridgehead atoms. The van der Waals surface area contributed by atoms with Crippen LogP contribution in [0.1, 0.15) is 53.0 Å². The number of ether oxygens (including phenoxy) is 1. The van der Waals surface area contributed by atoms with Crippen molar-refractivity contribution in [2.75, 3.05) is 13.7 Å². The normalized spacial score (nSPS) is 16.6. The van der Waals surface area contributed by atoms with Gasteiger partial charge in [-0.15, -0.1) is 0 Å². The zero-order valence-electron chi connectivity index (χ0n) is 16.3. The number of pyridine rings is 1. The van der Waals surface area contributed by atoms with Gasteiger partial charge in [0.2, 0.25) is 11.4 Å². The van der Waals surface area contributed by atoms with Crippen molar-refractivity contribution >= 4 is 5.91 Å². The number of amides is 1. The lowest BCUT2D eigenvalue weighted by Crippen LogP contribution is -2.39. The summed E-state index contributed by atoms with van der Waals surface area (Å²) in [6.45, 7) is 0.602. The van der Waals surface area contributed by atoms with Crippen LogP contribution in [-0.4, -0.2) is 34.4 Å². The van der Waals surface area contributed by atoms with Crippen LogP contribution in [0.3, 0.4) is 0 Å². The van der Waals surface area contributed by atoms with E-state index >= 15 is 0 Å². The number of nitrogens with one attached hydrogen (secondary N) is 1. The van der Waals surface area contributed by atoms with E-state index in [4.69, 9.17) is 9.15 Å². The summed E-state index contributed by atoms with van der Waals surface area (Å²) < 4.78 is 11.4. The maximum absolute atomic E-state index is 13.0. The highest BCUT2D eigenvalue weighted by Gasteiger charge is 2.32. The molecular weight excluding hydrogens is 370 g/mol. The van der Waals surface area contributed by atoms with E-state index in [1.807, 2.05) is 24.3 Å². The molecule has 1 fully saturated rings. The monoisotopic (exact) mass is 393 g/mol. The molecule has 0 radical (unpaired) electrons. The van der Waals surface area contributed by atoms with Crippen LogP contribution in [0.5, 0.6) is 5.75 Å². The number of oxazole rings is 1. The summed E-state index contributed by atoms with van der Waals surface area (Å²) in [5.41, 5.74) is 1.00. The van der Waals surface area contributed by atoms with Crippen LogP contribution in [0.4, 0.5) is 0 Å². The van der Waals surface area contributed by atoms with E-state index in [9.17, 15) is 9.59 Å². The van der Waals surface area contributed by atoms with Gasteiger partial charge in [-0.3, -0.25) is 9.59 Å². The highest BCUT2D eigenvalue weighted by Crippen LogP contribution is 2.32. The lowest BCUT2D eigenvalue weighted by molar-refractivity contribution is 0.0563. The second kappa shape index (κ2) is 8.34. The number of likely N-dealkylation sites (tertiary alicyclic amines) is 1. The van der Waals surface area contributed by atoms with Gasteiger partial charge in [0.1, 0.15) is 23.2 Å². The van der Waals surface area contributed by atoms with Crippen LogP contribution in [0, 0.1) is 0 Å². The van der Waals surface area contributed by atoms with Crippen molar-refractivity contribution in [3.05, 3.63) is 81.9 Å². The number of piperidine rings is 1. The Bertz CT molecular complexity index is 1060. The van der Waals surface area contributed by atoms with Crippen LogP contribution in [0.15, 0.2) is 57.9 Å². The summed E-state index contributed by atoms with van der Waals surface area (Å²) in [4.78, 5) is 33.4. The number of carbonyl (C=O) groups excluding carboxylic acids is 1. The van der Waals surface area contributed by atoms with Crippen molar-refractivity contribution in [1.82, 2.24) is 14.9 Å². The van der Waals surface area contributed by atoms with Gasteiger partial charge >= 0.3 is 0 Å². The van der Waals surface area contributed by atoms with Gasteiger partial charge in [0, 0.05) is 24.6 Å². The van der Waals surface area contributed by atoms with Crippen molar-refractivity contribution in [2.24, 2.45) is 0 Å². The average Bonchev–Trinajstić information content (AvgIpc) is 3.22. The van der Waals surface area contributed by atoms with Crippen LogP contribution < -0.4 is 10.3 Å². The van der Waals surface area contributed by atoms with Crippen LogP contribution in [0.25, 0.3) is 0 Å². The fourth-order valence-corrected chi connectivity index (χ4v) is 3.75. The number of hydrogen-bond donors (Lipinski definition) is 1. The lowest BCUT2D eigenvalue weighted by Gasteiger charge is -2.33. The molecule has 1 aliphatic rings. The molecule has 3 heterocycles. The Morgan fingerprint density at radius 1 is 1.24 bits per heavy atom. The van der Waals surface area contributed by atoms with Crippen molar-refractivity contribution < 1.29 is 13.9 Å². The Morgan fingerprint density at radius 3 is 2.93 bits per heavy atom. The van der Waals surface area contributed by atoms with Crippen molar-refractivity contribution in [3.63, 3.8) is 0 Å². The first kappa shape index (κ1) is 19.0. The summed E-state index contributed by atoms with van der Waals surface area (Å²) >= 11 is 0. The molecule has 1 aromatic carbocycles. The van der Waals surface area contributed by atoms with Gasteiger partial charge in [0.25, 0.3) is 5.91 Å². The number of rotatable bonds is 5. The molecule has 0 spiro atoms. The van der Waals surface area contributed by atoms with Crippen LogP contribution in [0.2, 0.25) is 0 Å². The Hall–Kier alpha value is -3.35. The molecule has 1 aliphatic heterocycles. The summed E-state index contributed by atoms with van der Waals surface area (Å²) in [6.07, 6.45) is 4.95. The van der Waals surface area contributed by atoms with Gasteiger partial charge < -0.3 is 19.0 Å². The average molecular weight is 393 g/mol. The smallest absolute Gasteiger partial charge is 0.271 e. The molecule has 0 unspecified atom stereocenters. The van der Waals surface area contributed by atoms with Crippen molar-refractivity contribution in [1.29, 1.82) is 0 Å². The number of nitrogens with zero attached hydrogens (tertiary/aromatic N) is 2. The standard InChI is InChI=1S/C22H23N3O4/c1-28-19-10-3-2-7-15(19)13-16-14-23-21(29-16)18-9-4-5-12-25(18)22(27)17-8-6-11-20(26)24-17/h2-3,6-8,10-11,14,18H,4-5,9,12-13H2,1H3,(H,24,26)/t18-/m0/s1. The van der Waals surface area contributed by atoms with E-state index in [1.165, 1.54) is 6.07 Å². The summed E-state index contributed by atoms with van der Waals surface area (Å²) in [5, 5.41) is 0. The largest absolute Gasteiger partial charge is 0.496 e. The summed E-state index contributed by atoms with van der Waals surface area (Å²) in [7, 11) is 1.64. The number of hydrogen-bond acceptors (Lipinski definition) is 5. The number of carbonyl (C=O) groups is 1. The molecule has 7 heteroatoms. The molecule has 7 nitrogen and oxygen atoms in total. The Kier molecular flexibility index (Phi) is 5.46. The Labute approximate surface area is 168 Å². The summed E-state index contributed by atoms with van der Waals surface area (Å²) in [6, 6.07) is 12.1. The minimum Gasteiger partial charge on any atom is -0.496 e.